The van der Waals surface area contributed by atoms with Crippen molar-refractivity contribution in [1.82, 2.24) is 0 Å². The van der Waals surface area contributed by atoms with Gasteiger partial charge in [-0.1, -0.05) is 0 Å². The lowest BCUT2D eigenvalue weighted by Gasteiger charge is -2.05. The van der Waals surface area contributed by atoms with Crippen molar-refractivity contribution >= 4 is 11.8 Å². The predicted octanol–water partition coefficient (Wildman–Crippen LogP) is 0.878. The van der Waals surface area contributed by atoms with Crippen molar-refractivity contribution in [2.45, 2.75) is 18.9 Å². The van der Waals surface area contributed by atoms with E-state index in [4.69, 9.17) is 10.8 Å². The van der Waals surface area contributed by atoms with Gasteiger partial charge in [0.2, 0.25) is 0 Å². The van der Waals surface area contributed by atoms with E-state index >= 15 is 0 Å². The van der Waals surface area contributed by atoms with Crippen LogP contribution in [0.5, 0.6) is 0 Å². The number of rotatable bonds is 5. The molecule has 0 aliphatic rings. The molecular formula is C11H11F2NO3. The molecule has 17 heavy (non-hydrogen) atoms. The standard InChI is InChI=1S/C11H11F2NO3/c12-7-1-6(2-8(13)4-7)3-9(15)5-10(14)11(16)17/h1-2,4,10H,3,5,14H2,(H,16,17)/t10-/m0/s1. The normalized spacial score (nSPS) is 12.2. The lowest BCUT2D eigenvalue weighted by atomic mass is 10.0. The monoisotopic (exact) mass is 243 g/mol. The van der Waals surface area contributed by atoms with Crippen LogP contribution in [-0.2, 0) is 16.0 Å². The van der Waals surface area contributed by atoms with Crippen LogP contribution in [0.1, 0.15) is 12.0 Å². The summed E-state index contributed by atoms with van der Waals surface area (Å²) in [5.74, 6) is -3.33. The van der Waals surface area contributed by atoms with Gasteiger partial charge in [-0.2, -0.15) is 0 Å². The topological polar surface area (TPSA) is 80.4 Å². The van der Waals surface area contributed by atoms with Crippen LogP contribution >= 0.6 is 0 Å². The molecule has 1 aromatic rings. The van der Waals surface area contributed by atoms with Crippen molar-refractivity contribution in [2.24, 2.45) is 5.73 Å². The summed E-state index contributed by atoms with van der Waals surface area (Å²) < 4.78 is 25.6. The molecular weight excluding hydrogens is 232 g/mol. The first kappa shape index (κ1) is 13.2. The Morgan fingerprint density at radius 3 is 2.24 bits per heavy atom. The van der Waals surface area contributed by atoms with E-state index in [2.05, 4.69) is 0 Å². The fourth-order valence-corrected chi connectivity index (χ4v) is 1.35. The highest BCUT2D eigenvalue weighted by Gasteiger charge is 2.16. The molecule has 3 N–H and O–H groups in total. The zero-order valence-electron chi connectivity index (χ0n) is 8.82. The summed E-state index contributed by atoms with van der Waals surface area (Å²) in [5.41, 5.74) is 5.32. The number of aliphatic carboxylic acids is 1. The largest absolute Gasteiger partial charge is 0.480 e. The van der Waals surface area contributed by atoms with Crippen LogP contribution in [0.2, 0.25) is 0 Å². The number of carboxylic acids is 1. The van der Waals surface area contributed by atoms with Crippen LogP contribution in [0.4, 0.5) is 8.78 Å². The third-order valence-electron chi connectivity index (χ3n) is 2.09. The fourth-order valence-electron chi connectivity index (χ4n) is 1.35. The molecule has 1 atom stereocenters. The highest BCUT2D eigenvalue weighted by molar-refractivity contribution is 5.86. The SMILES string of the molecule is N[C@@H](CC(=O)Cc1cc(F)cc(F)c1)C(=O)O. The number of carbonyl (C=O) groups is 2. The van der Waals surface area contributed by atoms with Crippen LogP contribution in [0.3, 0.4) is 0 Å². The molecule has 0 heterocycles. The fraction of sp³-hybridized carbons (Fsp3) is 0.273. The summed E-state index contributed by atoms with van der Waals surface area (Å²) in [6.07, 6.45) is -0.608. The summed E-state index contributed by atoms with van der Waals surface area (Å²) in [4.78, 5) is 21.8. The molecule has 0 aliphatic carbocycles. The Kier molecular flexibility index (Phi) is 4.28. The van der Waals surface area contributed by atoms with Crippen LogP contribution in [0.25, 0.3) is 0 Å². The van der Waals surface area contributed by atoms with E-state index in [1.165, 1.54) is 0 Å². The van der Waals surface area contributed by atoms with Gasteiger partial charge in [0.05, 0.1) is 0 Å². The lowest BCUT2D eigenvalue weighted by molar-refractivity contribution is -0.140. The average Bonchev–Trinajstić information content (AvgIpc) is 2.14. The zero-order chi connectivity index (χ0) is 13.0. The Bertz CT molecular complexity index is 428. The Balaban J connectivity index is 2.65. The molecule has 4 nitrogen and oxygen atoms in total. The van der Waals surface area contributed by atoms with Gasteiger partial charge < -0.3 is 10.8 Å². The van der Waals surface area contributed by atoms with E-state index in [9.17, 15) is 18.4 Å². The molecule has 0 saturated heterocycles. The van der Waals surface area contributed by atoms with Gasteiger partial charge in [0.25, 0.3) is 0 Å². The summed E-state index contributed by atoms with van der Waals surface area (Å²) in [7, 11) is 0. The number of carbonyl (C=O) groups excluding carboxylic acids is 1. The Morgan fingerprint density at radius 2 is 1.76 bits per heavy atom. The molecule has 1 aromatic carbocycles. The molecule has 0 saturated carbocycles. The molecule has 92 valence electrons. The van der Waals surface area contributed by atoms with E-state index < -0.39 is 29.4 Å². The van der Waals surface area contributed by atoms with Gasteiger partial charge in [-0.3, -0.25) is 9.59 Å². The van der Waals surface area contributed by atoms with Gasteiger partial charge in [0.1, 0.15) is 23.5 Å². The molecule has 0 amide bonds. The maximum Gasteiger partial charge on any atom is 0.320 e. The second kappa shape index (κ2) is 5.49. The van der Waals surface area contributed by atoms with Gasteiger partial charge in [0, 0.05) is 18.9 Å². The van der Waals surface area contributed by atoms with Crippen LogP contribution in [-0.4, -0.2) is 22.9 Å². The molecule has 0 aromatic heterocycles. The van der Waals surface area contributed by atoms with Gasteiger partial charge >= 0.3 is 5.97 Å². The molecule has 0 fully saturated rings. The number of hydrogen-bond donors (Lipinski definition) is 2. The molecule has 0 radical (unpaired) electrons. The van der Waals surface area contributed by atoms with Gasteiger partial charge in [0.15, 0.2) is 0 Å². The van der Waals surface area contributed by atoms with Crippen molar-refractivity contribution in [3.8, 4) is 0 Å². The summed E-state index contributed by atoms with van der Waals surface area (Å²) in [6, 6.07) is 1.44. The van der Waals surface area contributed by atoms with Crippen molar-refractivity contribution < 1.29 is 23.5 Å². The van der Waals surface area contributed by atoms with E-state index in [0.717, 1.165) is 12.1 Å². The first-order valence-electron chi connectivity index (χ1n) is 4.83. The number of carboxylic acid groups (broad SMARTS) is 1. The Morgan fingerprint density at radius 1 is 1.24 bits per heavy atom. The summed E-state index contributed by atoms with van der Waals surface area (Å²) >= 11 is 0. The highest BCUT2D eigenvalue weighted by atomic mass is 19.1. The second-order valence-electron chi connectivity index (χ2n) is 3.64. The molecule has 1 rings (SSSR count). The van der Waals surface area contributed by atoms with Crippen molar-refractivity contribution in [3.05, 3.63) is 35.4 Å². The number of halogens is 2. The maximum atomic E-state index is 12.8. The molecule has 0 aliphatic heterocycles. The van der Waals surface area contributed by atoms with E-state index in [1.807, 2.05) is 0 Å². The quantitative estimate of drug-likeness (QED) is 0.804. The lowest BCUT2D eigenvalue weighted by Crippen LogP contribution is -2.32. The first-order chi connectivity index (χ1) is 7.88. The third-order valence-corrected chi connectivity index (χ3v) is 2.09. The summed E-state index contributed by atoms with van der Waals surface area (Å²) in [6.45, 7) is 0. The Labute approximate surface area is 96.0 Å². The number of ketones is 1. The Hall–Kier alpha value is -1.82. The van der Waals surface area contributed by atoms with Crippen LogP contribution in [0.15, 0.2) is 18.2 Å². The minimum Gasteiger partial charge on any atom is -0.480 e. The average molecular weight is 243 g/mol. The summed E-state index contributed by atoms with van der Waals surface area (Å²) in [5, 5.41) is 8.49. The van der Waals surface area contributed by atoms with E-state index in [-0.39, 0.29) is 18.4 Å². The number of hydrogen-bond acceptors (Lipinski definition) is 3. The van der Waals surface area contributed by atoms with E-state index in [1.54, 1.807) is 0 Å². The van der Waals surface area contributed by atoms with Gasteiger partial charge in [-0.05, 0) is 17.7 Å². The number of nitrogens with two attached hydrogens (primary N) is 1. The van der Waals surface area contributed by atoms with Gasteiger partial charge in [-0.25, -0.2) is 8.78 Å². The molecule has 6 heteroatoms. The third kappa shape index (κ3) is 4.28. The van der Waals surface area contributed by atoms with Crippen molar-refractivity contribution in [1.29, 1.82) is 0 Å². The second-order valence-corrected chi connectivity index (χ2v) is 3.64. The van der Waals surface area contributed by atoms with Crippen molar-refractivity contribution in [3.63, 3.8) is 0 Å². The zero-order valence-corrected chi connectivity index (χ0v) is 8.82. The van der Waals surface area contributed by atoms with E-state index in [0.29, 0.717) is 6.07 Å². The minimum atomic E-state index is -1.29. The smallest absolute Gasteiger partial charge is 0.320 e. The maximum absolute atomic E-state index is 12.8. The number of benzene rings is 1. The molecule has 0 unspecified atom stereocenters. The number of Topliss-reactive ketones (excluding diaryl/α,β-unsaturated/α-hetero) is 1. The molecule has 0 spiro atoms. The van der Waals surface area contributed by atoms with Crippen LogP contribution in [0, 0.1) is 11.6 Å². The predicted molar refractivity (Wildman–Crippen MR) is 55.3 cm³/mol. The molecule has 0 bridgehead atoms. The minimum absolute atomic E-state index is 0.157. The first-order valence-corrected chi connectivity index (χ1v) is 4.83. The highest BCUT2D eigenvalue weighted by Crippen LogP contribution is 2.10. The van der Waals surface area contributed by atoms with Crippen LogP contribution < -0.4 is 5.73 Å². The van der Waals surface area contributed by atoms with Crippen molar-refractivity contribution in [2.75, 3.05) is 0 Å². The van der Waals surface area contributed by atoms with Gasteiger partial charge in [-0.15, -0.1) is 0 Å².